The summed E-state index contributed by atoms with van der Waals surface area (Å²) in [5.41, 5.74) is 0. The molecule has 0 aliphatic rings. The van der Waals surface area contributed by atoms with E-state index in [1.54, 1.807) is 0 Å². The standard InChI is InChI=1S/C6H14O2Si/c1-6(2,3)9-8-5-4-7/h4H,5,9H2,1-3H3. The van der Waals surface area contributed by atoms with Crippen LogP contribution in [0, 0.1) is 0 Å². The number of hydrogen-bond acceptors (Lipinski definition) is 2. The van der Waals surface area contributed by atoms with Gasteiger partial charge in [-0.3, -0.25) is 0 Å². The van der Waals surface area contributed by atoms with Gasteiger partial charge in [-0.1, -0.05) is 20.8 Å². The maximum atomic E-state index is 9.79. The largest absolute Gasteiger partial charge is 0.416 e. The predicted octanol–water partition coefficient (Wildman–Crippen LogP) is 0.504. The van der Waals surface area contributed by atoms with E-state index in [-0.39, 0.29) is 6.61 Å². The number of carbonyl (C=O) groups is 1. The Hall–Kier alpha value is -0.153. The van der Waals surface area contributed by atoms with E-state index in [0.29, 0.717) is 5.04 Å². The fourth-order valence-corrected chi connectivity index (χ4v) is 1.24. The van der Waals surface area contributed by atoms with Crippen LogP contribution < -0.4 is 0 Å². The average molecular weight is 146 g/mol. The van der Waals surface area contributed by atoms with E-state index in [9.17, 15) is 4.79 Å². The van der Waals surface area contributed by atoms with Crippen LogP contribution in [-0.2, 0) is 9.22 Å². The lowest BCUT2D eigenvalue weighted by atomic mass is 10.3. The molecule has 0 spiro atoms. The maximum absolute atomic E-state index is 9.79. The minimum absolute atomic E-state index is 0.281. The van der Waals surface area contributed by atoms with Crippen LogP contribution in [0.2, 0.25) is 5.04 Å². The number of aldehydes is 1. The summed E-state index contributed by atoms with van der Waals surface area (Å²) < 4.78 is 5.12. The summed E-state index contributed by atoms with van der Waals surface area (Å²) in [5.74, 6) is 0. The zero-order valence-corrected chi connectivity index (χ0v) is 7.72. The fourth-order valence-electron chi connectivity index (χ4n) is 0.413. The Morgan fingerprint density at radius 3 is 2.44 bits per heavy atom. The molecule has 0 aliphatic carbocycles. The number of carbonyl (C=O) groups excluding carboxylic acids is 1. The summed E-state index contributed by atoms with van der Waals surface area (Å²) in [6.07, 6.45) is 0.804. The Bertz CT molecular complexity index is 85.5. The Morgan fingerprint density at radius 1 is 1.56 bits per heavy atom. The van der Waals surface area contributed by atoms with Crippen molar-refractivity contribution in [1.82, 2.24) is 0 Å². The van der Waals surface area contributed by atoms with Gasteiger partial charge in [-0.25, -0.2) is 0 Å². The Morgan fingerprint density at radius 2 is 2.11 bits per heavy atom. The Balaban J connectivity index is 3.17. The summed E-state index contributed by atoms with van der Waals surface area (Å²) in [6.45, 7) is 6.67. The summed E-state index contributed by atoms with van der Waals surface area (Å²) in [7, 11) is -0.493. The molecule has 0 saturated heterocycles. The van der Waals surface area contributed by atoms with Crippen LogP contribution in [0.15, 0.2) is 0 Å². The predicted molar refractivity (Wildman–Crippen MR) is 40.3 cm³/mol. The number of rotatable bonds is 3. The fraction of sp³-hybridized carbons (Fsp3) is 0.833. The first kappa shape index (κ1) is 8.85. The third-order valence-electron chi connectivity index (χ3n) is 0.721. The van der Waals surface area contributed by atoms with Crippen LogP contribution in [0.5, 0.6) is 0 Å². The second-order valence-corrected chi connectivity index (χ2v) is 6.06. The molecule has 0 amide bonds. The van der Waals surface area contributed by atoms with Crippen molar-refractivity contribution in [1.29, 1.82) is 0 Å². The molecule has 9 heavy (non-hydrogen) atoms. The first-order chi connectivity index (χ1) is 4.06. The van der Waals surface area contributed by atoms with Crippen LogP contribution in [0.25, 0.3) is 0 Å². The molecule has 0 aromatic heterocycles. The molecule has 0 heterocycles. The zero-order valence-electron chi connectivity index (χ0n) is 6.31. The van der Waals surface area contributed by atoms with Gasteiger partial charge in [0.25, 0.3) is 0 Å². The molecule has 2 nitrogen and oxygen atoms in total. The highest BCUT2D eigenvalue weighted by Gasteiger charge is 2.10. The average Bonchev–Trinajstić information content (AvgIpc) is 1.63. The second-order valence-electron chi connectivity index (χ2n) is 3.24. The van der Waals surface area contributed by atoms with E-state index in [1.807, 2.05) is 0 Å². The summed E-state index contributed by atoms with van der Waals surface area (Å²) >= 11 is 0. The first-order valence-electron chi connectivity index (χ1n) is 3.07. The maximum Gasteiger partial charge on any atom is 0.167 e. The lowest BCUT2D eigenvalue weighted by Crippen LogP contribution is -2.13. The number of hydrogen-bond donors (Lipinski definition) is 0. The normalized spacial score (nSPS) is 12.8. The van der Waals surface area contributed by atoms with Crippen molar-refractivity contribution in [2.24, 2.45) is 0 Å². The summed E-state index contributed by atoms with van der Waals surface area (Å²) in [5, 5.41) is 0.309. The molecule has 3 heteroatoms. The van der Waals surface area contributed by atoms with Crippen molar-refractivity contribution in [2.45, 2.75) is 25.8 Å². The van der Waals surface area contributed by atoms with E-state index in [1.165, 1.54) is 0 Å². The van der Waals surface area contributed by atoms with Crippen molar-refractivity contribution in [3.8, 4) is 0 Å². The van der Waals surface area contributed by atoms with Gasteiger partial charge in [-0.05, 0) is 5.04 Å². The highest BCUT2D eigenvalue weighted by Crippen LogP contribution is 2.19. The molecular weight excluding hydrogens is 132 g/mol. The van der Waals surface area contributed by atoms with Crippen molar-refractivity contribution >= 4 is 16.0 Å². The SMILES string of the molecule is CC(C)(C)[SiH2]OCC=O. The van der Waals surface area contributed by atoms with Gasteiger partial charge in [0, 0.05) is 0 Å². The van der Waals surface area contributed by atoms with Crippen molar-refractivity contribution in [2.75, 3.05) is 6.61 Å². The molecule has 0 atom stereocenters. The molecule has 54 valence electrons. The zero-order chi connectivity index (χ0) is 7.33. The van der Waals surface area contributed by atoms with Crippen LogP contribution in [0.1, 0.15) is 20.8 Å². The van der Waals surface area contributed by atoms with Gasteiger partial charge in [0.05, 0.1) is 6.61 Å². The van der Waals surface area contributed by atoms with Gasteiger partial charge < -0.3 is 9.22 Å². The lowest BCUT2D eigenvalue weighted by molar-refractivity contribution is -0.109. The van der Waals surface area contributed by atoms with Crippen LogP contribution >= 0.6 is 0 Å². The van der Waals surface area contributed by atoms with Gasteiger partial charge in [0.2, 0.25) is 0 Å². The molecule has 0 fully saturated rings. The highest BCUT2D eigenvalue weighted by atomic mass is 28.2. The Kier molecular flexibility index (Phi) is 3.73. The molecule has 0 saturated carbocycles. The molecule has 0 aliphatic heterocycles. The van der Waals surface area contributed by atoms with Crippen LogP contribution in [0.4, 0.5) is 0 Å². The lowest BCUT2D eigenvalue weighted by Gasteiger charge is -2.15. The van der Waals surface area contributed by atoms with E-state index in [4.69, 9.17) is 4.43 Å². The Labute approximate surface area is 58.5 Å². The van der Waals surface area contributed by atoms with Gasteiger partial charge >= 0.3 is 0 Å². The van der Waals surface area contributed by atoms with Crippen LogP contribution in [-0.4, -0.2) is 22.7 Å². The molecule has 0 aromatic rings. The molecule has 0 radical (unpaired) electrons. The van der Waals surface area contributed by atoms with E-state index >= 15 is 0 Å². The van der Waals surface area contributed by atoms with Gasteiger partial charge in [0.1, 0.15) is 6.29 Å². The van der Waals surface area contributed by atoms with Crippen molar-refractivity contribution in [3.05, 3.63) is 0 Å². The van der Waals surface area contributed by atoms with E-state index in [0.717, 1.165) is 6.29 Å². The van der Waals surface area contributed by atoms with E-state index < -0.39 is 9.76 Å². The molecule has 0 bridgehead atoms. The second kappa shape index (κ2) is 3.79. The third-order valence-corrected chi connectivity index (χ3v) is 2.03. The minimum Gasteiger partial charge on any atom is -0.416 e. The topological polar surface area (TPSA) is 26.3 Å². The quantitative estimate of drug-likeness (QED) is 0.329. The molecule has 0 unspecified atom stereocenters. The molecule has 0 N–H and O–H groups in total. The van der Waals surface area contributed by atoms with Gasteiger partial charge in [-0.2, -0.15) is 0 Å². The van der Waals surface area contributed by atoms with Crippen molar-refractivity contribution in [3.63, 3.8) is 0 Å². The molecular formula is C6H14O2Si. The van der Waals surface area contributed by atoms with Crippen molar-refractivity contribution < 1.29 is 9.22 Å². The minimum atomic E-state index is -0.493. The summed E-state index contributed by atoms with van der Waals surface area (Å²) in [4.78, 5) is 9.79. The molecule has 0 rings (SSSR count). The van der Waals surface area contributed by atoms with Gasteiger partial charge in [-0.15, -0.1) is 0 Å². The monoisotopic (exact) mass is 146 g/mol. The van der Waals surface area contributed by atoms with Gasteiger partial charge in [0.15, 0.2) is 9.76 Å². The van der Waals surface area contributed by atoms with E-state index in [2.05, 4.69) is 20.8 Å². The van der Waals surface area contributed by atoms with Crippen LogP contribution in [0.3, 0.4) is 0 Å². The first-order valence-corrected chi connectivity index (χ1v) is 4.36. The highest BCUT2D eigenvalue weighted by molar-refractivity contribution is 6.31. The smallest absolute Gasteiger partial charge is 0.167 e. The summed E-state index contributed by atoms with van der Waals surface area (Å²) in [6, 6.07) is 0. The third kappa shape index (κ3) is 7.85. The molecule has 0 aromatic carbocycles.